The van der Waals surface area contributed by atoms with E-state index in [1.807, 2.05) is 12.1 Å². The van der Waals surface area contributed by atoms with E-state index in [9.17, 15) is 0 Å². The number of fused-ring (bicyclic) bond motifs is 1. The first-order chi connectivity index (χ1) is 5.79. The SMILES string of the molecule is ClCc1ccc2c(c1)OC(Cl)O2. The zero-order chi connectivity index (χ0) is 8.55. The molecule has 0 saturated heterocycles. The molecule has 4 heteroatoms. The molecule has 2 rings (SSSR count). The molecule has 12 heavy (non-hydrogen) atoms. The molecule has 1 atom stereocenters. The van der Waals surface area contributed by atoms with Crippen molar-refractivity contribution in [2.24, 2.45) is 0 Å². The van der Waals surface area contributed by atoms with Crippen LogP contribution in [0.25, 0.3) is 0 Å². The Morgan fingerprint density at radius 2 is 2.00 bits per heavy atom. The standard InChI is InChI=1S/C8H6Cl2O2/c9-4-5-1-2-6-7(3-5)12-8(10)11-6/h1-3,8H,4H2. The van der Waals surface area contributed by atoms with Gasteiger partial charge in [0.2, 0.25) is 0 Å². The second-order valence-corrected chi connectivity index (χ2v) is 3.05. The maximum atomic E-state index is 5.64. The van der Waals surface area contributed by atoms with Gasteiger partial charge in [-0.2, -0.15) is 0 Å². The van der Waals surface area contributed by atoms with Gasteiger partial charge in [0.1, 0.15) is 0 Å². The van der Waals surface area contributed by atoms with Crippen LogP contribution in [0.2, 0.25) is 0 Å². The van der Waals surface area contributed by atoms with Gasteiger partial charge in [0.05, 0.1) is 0 Å². The number of benzene rings is 1. The topological polar surface area (TPSA) is 18.5 Å². The van der Waals surface area contributed by atoms with Gasteiger partial charge in [0.15, 0.2) is 11.5 Å². The summed E-state index contributed by atoms with van der Waals surface area (Å²) in [6.45, 7) is 0. The third-order valence-electron chi connectivity index (χ3n) is 1.60. The van der Waals surface area contributed by atoms with Crippen LogP contribution in [0.1, 0.15) is 5.56 Å². The number of ether oxygens (including phenoxy) is 2. The highest BCUT2D eigenvalue weighted by Crippen LogP contribution is 2.36. The predicted octanol–water partition coefficient (Wildman–Crippen LogP) is 2.72. The van der Waals surface area contributed by atoms with Crippen LogP contribution in [-0.4, -0.2) is 5.75 Å². The summed E-state index contributed by atoms with van der Waals surface area (Å²) < 4.78 is 10.2. The van der Waals surface area contributed by atoms with Crippen LogP contribution in [0.3, 0.4) is 0 Å². The molecule has 0 saturated carbocycles. The van der Waals surface area contributed by atoms with Crippen molar-refractivity contribution in [3.8, 4) is 11.5 Å². The van der Waals surface area contributed by atoms with E-state index >= 15 is 0 Å². The lowest BCUT2D eigenvalue weighted by Gasteiger charge is -1.97. The highest BCUT2D eigenvalue weighted by molar-refractivity contribution is 6.19. The van der Waals surface area contributed by atoms with E-state index in [4.69, 9.17) is 32.7 Å². The molecule has 1 heterocycles. The number of halogens is 2. The Morgan fingerprint density at radius 3 is 2.75 bits per heavy atom. The van der Waals surface area contributed by atoms with Crippen LogP contribution in [0.5, 0.6) is 11.5 Å². The van der Waals surface area contributed by atoms with Gasteiger partial charge in [-0.3, -0.25) is 0 Å². The van der Waals surface area contributed by atoms with Crippen LogP contribution in [0.4, 0.5) is 0 Å². The lowest BCUT2D eigenvalue weighted by Crippen LogP contribution is -2.07. The lowest BCUT2D eigenvalue weighted by atomic mass is 10.2. The molecule has 0 aliphatic carbocycles. The highest BCUT2D eigenvalue weighted by Gasteiger charge is 2.21. The molecule has 0 N–H and O–H groups in total. The van der Waals surface area contributed by atoms with Gasteiger partial charge in [-0.25, -0.2) is 0 Å². The lowest BCUT2D eigenvalue weighted by molar-refractivity contribution is 0.128. The molecule has 1 aromatic carbocycles. The minimum absolute atomic E-state index is 0.462. The third kappa shape index (κ3) is 1.32. The largest absolute Gasteiger partial charge is 0.438 e. The van der Waals surface area contributed by atoms with Gasteiger partial charge < -0.3 is 9.47 Å². The van der Waals surface area contributed by atoms with Crippen LogP contribution in [-0.2, 0) is 5.88 Å². The molecule has 1 unspecified atom stereocenters. The molecule has 0 fully saturated rings. The van der Waals surface area contributed by atoms with Gasteiger partial charge in [-0.05, 0) is 29.3 Å². The Balaban J connectivity index is 2.35. The molecule has 1 aliphatic rings. The monoisotopic (exact) mass is 204 g/mol. The first-order valence-corrected chi connectivity index (χ1v) is 4.43. The summed E-state index contributed by atoms with van der Waals surface area (Å²) in [4.78, 5) is 0. The fourth-order valence-electron chi connectivity index (χ4n) is 1.05. The maximum Gasteiger partial charge on any atom is 0.322 e. The van der Waals surface area contributed by atoms with Crippen molar-refractivity contribution >= 4 is 23.2 Å². The minimum Gasteiger partial charge on any atom is -0.438 e. The summed E-state index contributed by atoms with van der Waals surface area (Å²) in [6, 6.07) is 5.50. The molecule has 1 aliphatic heterocycles. The normalized spacial score (nSPS) is 19.7. The second kappa shape index (κ2) is 3.04. The summed E-state index contributed by atoms with van der Waals surface area (Å²) in [5.41, 5.74) is 0.991. The molecule has 0 bridgehead atoms. The van der Waals surface area contributed by atoms with Crippen LogP contribution in [0, 0.1) is 0 Å². The number of hydrogen-bond acceptors (Lipinski definition) is 2. The first-order valence-electron chi connectivity index (χ1n) is 3.46. The molecular weight excluding hydrogens is 199 g/mol. The van der Waals surface area contributed by atoms with Crippen molar-refractivity contribution in [3.63, 3.8) is 0 Å². The number of alkyl halides is 2. The Kier molecular flexibility index (Phi) is 2.03. The van der Waals surface area contributed by atoms with E-state index in [1.54, 1.807) is 6.07 Å². The van der Waals surface area contributed by atoms with E-state index in [2.05, 4.69) is 0 Å². The summed E-state index contributed by atoms with van der Waals surface area (Å²) in [5, 5.41) is 0. The van der Waals surface area contributed by atoms with Crippen molar-refractivity contribution < 1.29 is 9.47 Å². The Bertz CT molecular complexity index is 301. The van der Waals surface area contributed by atoms with Crippen molar-refractivity contribution in [3.05, 3.63) is 23.8 Å². The third-order valence-corrected chi connectivity index (χ3v) is 2.09. The second-order valence-electron chi connectivity index (χ2n) is 2.42. The Labute approximate surface area is 80.0 Å². The van der Waals surface area contributed by atoms with E-state index in [0.29, 0.717) is 17.4 Å². The smallest absolute Gasteiger partial charge is 0.322 e. The van der Waals surface area contributed by atoms with E-state index in [0.717, 1.165) is 5.56 Å². The zero-order valence-corrected chi connectivity index (χ0v) is 7.60. The fraction of sp³-hybridized carbons (Fsp3) is 0.250. The summed E-state index contributed by atoms with van der Waals surface area (Å²) in [5.74, 6) is 1.09. The zero-order valence-electron chi connectivity index (χ0n) is 6.09. The maximum absolute atomic E-state index is 5.64. The molecule has 0 spiro atoms. The summed E-state index contributed by atoms with van der Waals surface area (Å²) in [6.07, 6.45) is 0. The molecule has 64 valence electrons. The summed E-state index contributed by atoms with van der Waals surface area (Å²) in [7, 11) is 0. The quantitative estimate of drug-likeness (QED) is 0.656. The van der Waals surface area contributed by atoms with Gasteiger partial charge in [0, 0.05) is 5.88 Å². The fourth-order valence-corrected chi connectivity index (χ4v) is 1.41. The number of rotatable bonds is 1. The minimum atomic E-state index is -0.703. The average molecular weight is 205 g/mol. The van der Waals surface area contributed by atoms with Crippen LogP contribution >= 0.6 is 23.2 Å². The van der Waals surface area contributed by atoms with Gasteiger partial charge in [-0.15, -0.1) is 11.6 Å². The molecule has 0 radical (unpaired) electrons. The Hall–Kier alpha value is -0.600. The van der Waals surface area contributed by atoms with Gasteiger partial charge in [0.25, 0.3) is 0 Å². The van der Waals surface area contributed by atoms with E-state index in [1.165, 1.54) is 0 Å². The van der Waals surface area contributed by atoms with Gasteiger partial charge >= 0.3 is 5.75 Å². The molecule has 2 nitrogen and oxygen atoms in total. The molecule has 0 aromatic heterocycles. The van der Waals surface area contributed by atoms with E-state index in [-0.39, 0.29) is 0 Å². The van der Waals surface area contributed by atoms with Crippen molar-refractivity contribution in [2.45, 2.75) is 11.6 Å². The molecule has 1 aromatic rings. The molecular formula is C8H6Cl2O2. The van der Waals surface area contributed by atoms with Crippen molar-refractivity contribution in [1.82, 2.24) is 0 Å². The molecule has 0 amide bonds. The highest BCUT2D eigenvalue weighted by atomic mass is 35.5. The predicted molar refractivity (Wildman–Crippen MR) is 46.9 cm³/mol. The average Bonchev–Trinajstić information content (AvgIpc) is 2.43. The first kappa shape index (κ1) is 8.02. The van der Waals surface area contributed by atoms with Crippen LogP contribution in [0.15, 0.2) is 18.2 Å². The summed E-state index contributed by atoms with van der Waals surface area (Å²) >= 11 is 11.2. The number of hydrogen-bond donors (Lipinski definition) is 0. The Morgan fingerprint density at radius 1 is 1.25 bits per heavy atom. The van der Waals surface area contributed by atoms with E-state index < -0.39 is 5.75 Å². The van der Waals surface area contributed by atoms with Gasteiger partial charge in [-0.1, -0.05) is 6.07 Å². The van der Waals surface area contributed by atoms with Crippen molar-refractivity contribution in [1.29, 1.82) is 0 Å². The van der Waals surface area contributed by atoms with Crippen molar-refractivity contribution in [2.75, 3.05) is 0 Å². The van der Waals surface area contributed by atoms with Crippen LogP contribution < -0.4 is 9.47 Å².